The summed E-state index contributed by atoms with van der Waals surface area (Å²) in [6.07, 6.45) is 0. The molecular weight excluding hydrogens is 312 g/mol. The van der Waals surface area contributed by atoms with Gasteiger partial charge < -0.3 is 4.52 Å². The van der Waals surface area contributed by atoms with Crippen molar-refractivity contribution in [1.82, 2.24) is 10.1 Å². The van der Waals surface area contributed by atoms with Crippen LogP contribution in [0.25, 0.3) is 11.4 Å². The Balaban J connectivity index is 1.72. The highest BCUT2D eigenvalue weighted by Gasteiger charge is 2.14. The summed E-state index contributed by atoms with van der Waals surface area (Å²) in [5.41, 5.74) is 0.571. The molecule has 0 saturated heterocycles. The fourth-order valence-electron chi connectivity index (χ4n) is 1.72. The average molecular weight is 322 g/mol. The predicted octanol–water partition coefficient (Wildman–Crippen LogP) is 2.98. The first-order chi connectivity index (χ1) is 10.2. The molecule has 0 N–H and O–H groups in total. The van der Waals surface area contributed by atoms with Gasteiger partial charge in [-0.15, -0.1) is 0 Å². The van der Waals surface area contributed by atoms with E-state index in [0.29, 0.717) is 23.0 Å². The van der Waals surface area contributed by atoms with Crippen molar-refractivity contribution in [3.05, 3.63) is 40.3 Å². The Kier molecular flexibility index (Phi) is 4.20. The zero-order chi connectivity index (χ0) is 14.7. The van der Waals surface area contributed by atoms with E-state index in [4.69, 9.17) is 4.52 Å². The minimum absolute atomic E-state index is 0.00457. The zero-order valence-corrected chi connectivity index (χ0v) is 12.4. The van der Waals surface area contributed by atoms with E-state index < -0.39 is 4.92 Å². The minimum atomic E-state index is -0.449. The van der Waals surface area contributed by atoms with Gasteiger partial charge in [-0.2, -0.15) is 4.98 Å². The van der Waals surface area contributed by atoms with Crippen LogP contribution in [0.2, 0.25) is 0 Å². The van der Waals surface area contributed by atoms with Crippen LogP contribution in [0.5, 0.6) is 0 Å². The van der Waals surface area contributed by atoms with Crippen molar-refractivity contribution in [2.45, 2.75) is 5.75 Å². The quantitative estimate of drug-likeness (QED) is 0.630. The number of hydrogen-bond donors (Lipinski definition) is 0. The molecule has 3 rings (SSSR count). The van der Waals surface area contributed by atoms with Crippen molar-refractivity contribution in [3.63, 3.8) is 0 Å². The van der Waals surface area contributed by atoms with E-state index in [2.05, 4.69) is 15.1 Å². The molecule has 9 heteroatoms. The Labute approximate surface area is 128 Å². The highest BCUT2D eigenvalue weighted by atomic mass is 32.2. The first kappa shape index (κ1) is 14.1. The fraction of sp³-hybridized carbons (Fsp3) is 0.250. The molecule has 7 nitrogen and oxygen atoms in total. The Morgan fingerprint density at radius 3 is 3.14 bits per heavy atom. The van der Waals surface area contributed by atoms with Crippen LogP contribution in [0, 0.1) is 10.1 Å². The molecule has 0 radical (unpaired) electrons. The molecule has 2 heterocycles. The molecule has 0 amide bonds. The molecule has 0 bridgehead atoms. The maximum Gasteiger partial charge on any atom is 0.270 e. The van der Waals surface area contributed by atoms with E-state index in [0.717, 1.165) is 16.7 Å². The smallest absolute Gasteiger partial charge is 0.270 e. The number of aromatic nitrogens is 2. The van der Waals surface area contributed by atoms with Crippen LogP contribution in [0.15, 0.2) is 33.8 Å². The average Bonchev–Trinajstić information content (AvgIpc) is 3.17. The Morgan fingerprint density at radius 1 is 1.48 bits per heavy atom. The molecular formula is C12H10N4O3S2. The van der Waals surface area contributed by atoms with Gasteiger partial charge in [-0.25, -0.2) is 0 Å². The lowest BCUT2D eigenvalue weighted by Crippen LogP contribution is -1.89. The van der Waals surface area contributed by atoms with Crippen molar-refractivity contribution in [3.8, 4) is 11.4 Å². The molecule has 21 heavy (non-hydrogen) atoms. The van der Waals surface area contributed by atoms with E-state index in [1.165, 1.54) is 12.1 Å². The standard InChI is InChI=1S/C12H10N4O3S2/c17-16(18)9-3-1-2-8(6-9)11-14-10(19-15-11)7-21-12-13-4-5-20-12/h1-3,6H,4-5,7H2. The summed E-state index contributed by atoms with van der Waals surface area (Å²) in [6, 6.07) is 6.17. The molecule has 108 valence electrons. The Bertz CT molecular complexity index is 701. The van der Waals surface area contributed by atoms with E-state index in [1.807, 2.05) is 0 Å². The SMILES string of the molecule is O=[N+]([O-])c1cccc(-c2noc(CSC3=NCCS3)n2)c1. The molecule has 0 fully saturated rings. The van der Waals surface area contributed by atoms with Gasteiger partial charge in [0.05, 0.1) is 17.2 Å². The van der Waals surface area contributed by atoms with Gasteiger partial charge in [-0.1, -0.05) is 40.8 Å². The van der Waals surface area contributed by atoms with Crippen LogP contribution < -0.4 is 0 Å². The van der Waals surface area contributed by atoms with Gasteiger partial charge in [-0.05, 0) is 0 Å². The van der Waals surface area contributed by atoms with Crippen molar-refractivity contribution >= 4 is 33.6 Å². The summed E-state index contributed by atoms with van der Waals surface area (Å²) in [7, 11) is 0. The molecule has 0 saturated carbocycles. The largest absolute Gasteiger partial charge is 0.338 e. The third kappa shape index (κ3) is 3.42. The van der Waals surface area contributed by atoms with Gasteiger partial charge in [0.25, 0.3) is 5.69 Å². The molecule has 1 aliphatic rings. The van der Waals surface area contributed by atoms with Crippen LogP contribution in [0.3, 0.4) is 0 Å². The third-order valence-electron chi connectivity index (χ3n) is 2.66. The molecule has 2 aromatic rings. The zero-order valence-electron chi connectivity index (χ0n) is 10.8. The summed E-state index contributed by atoms with van der Waals surface area (Å²) in [6.45, 7) is 0.857. The second kappa shape index (κ2) is 6.27. The first-order valence-electron chi connectivity index (χ1n) is 6.10. The van der Waals surface area contributed by atoms with Gasteiger partial charge in [0.2, 0.25) is 11.7 Å². The highest BCUT2D eigenvalue weighted by molar-refractivity contribution is 8.38. The molecule has 1 aromatic carbocycles. The number of benzene rings is 1. The molecule has 0 atom stereocenters. The third-order valence-corrected chi connectivity index (χ3v) is 4.90. The second-order valence-electron chi connectivity index (χ2n) is 4.10. The van der Waals surface area contributed by atoms with Gasteiger partial charge in [-0.3, -0.25) is 15.1 Å². The van der Waals surface area contributed by atoms with Crippen LogP contribution in [-0.4, -0.2) is 31.7 Å². The lowest BCUT2D eigenvalue weighted by molar-refractivity contribution is -0.384. The molecule has 0 unspecified atom stereocenters. The predicted molar refractivity (Wildman–Crippen MR) is 82.4 cm³/mol. The van der Waals surface area contributed by atoms with E-state index >= 15 is 0 Å². The van der Waals surface area contributed by atoms with Gasteiger partial charge >= 0.3 is 0 Å². The lowest BCUT2D eigenvalue weighted by Gasteiger charge is -1.95. The normalized spacial score (nSPS) is 14.2. The molecule has 1 aromatic heterocycles. The number of aliphatic imine (C=N–C) groups is 1. The summed E-state index contributed by atoms with van der Waals surface area (Å²) in [4.78, 5) is 18.9. The molecule has 0 aliphatic carbocycles. The summed E-state index contributed by atoms with van der Waals surface area (Å²) in [5.74, 6) is 2.41. The molecule has 1 aliphatic heterocycles. The van der Waals surface area contributed by atoms with Crippen molar-refractivity contribution in [2.24, 2.45) is 4.99 Å². The van der Waals surface area contributed by atoms with Gasteiger partial charge in [0.1, 0.15) is 4.38 Å². The second-order valence-corrected chi connectivity index (χ2v) is 6.41. The maximum absolute atomic E-state index is 10.8. The number of nitro groups is 1. The summed E-state index contributed by atoms with van der Waals surface area (Å²) in [5, 5.41) is 14.6. The van der Waals surface area contributed by atoms with E-state index in [9.17, 15) is 10.1 Å². The monoisotopic (exact) mass is 322 g/mol. The van der Waals surface area contributed by atoms with Crippen LogP contribution in [0.1, 0.15) is 5.89 Å². The lowest BCUT2D eigenvalue weighted by atomic mass is 10.2. The number of hydrogen-bond acceptors (Lipinski definition) is 8. The van der Waals surface area contributed by atoms with Gasteiger partial charge in [0.15, 0.2) is 0 Å². The number of nitro benzene ring substituents is 1. The molecule has 0 spiro atoms. The number of non-ortho nitro benzene ring substituents is 1. The number of nitrogens with zero attached hydrogens (tertiary/aromatic N) is 4. The number of rotatable bonds is 4. The van der Waals surface area contributed by atoms with Crippen LogP contribution >= 0.6 is 23.5 Å². The minimum Gasteiger partial charge on any atom is -0.338 e. The number of thioether (sulfide) groups is 2. The van der Waals surface area contributed by atoms with Crippen LogP contribution in [0.4, 0.5) is 5.69 Å². The fourth-order valence-corrected chi connectivity index (χ4v) is 3.56. The van der Waals surface area contributed by atoms with Crippen molar-refractivity contribution in [2.75, 3.05) is 12.3 Å². The van der Waals surface area contributed by atoms with E-state index in [1.54, 1.807) is 35.7 Å². The van der Waals surface area contributed by atoms with Crippen LogP contribution in [-0.2, 0) is 5.75 Å². The van der Waals surface area contributed by atoms with Gasteiger partial charge in [0, 0.05) is 23.4 Å². The first-order valence-corrected chi connectivity index (χ1v) is 8.07. The maximum atomic E-state index is 10.8. The topological polar surface area (TPSA) is 94.4 Å². The highest BCUT2D eigenvalue weighted by Crippen LogP contribution is 2.26. The van der Waals surface area contributed by atoms with Crippen molar-refractivity contribution < 1.29 is 9.45 Å². The van der Waals surface area contributed by atoms with E-state index in [-0.39, 0.29) is 5.69 Å². The summed E-state index contributed by atoms with van der Waals surface area (Å²) < 4.78 is 6.20. The summed E-state index contributed by atoms with van der Waals surface area (Å²) >= 11 is 3.28. The van der Waals surface area contributed by atoms with Crippen molar-refractivity contribution in [1.29, 1.82) is 0 Å². The Morgan fingerprint density at radius 2 is 2.38 bits per heavy atom. The Hall–Kier alpha value is -1.87.